The van der Waals surface area contributed by atoms with Crippen LogP contribution < -0.4 is 11.1 Å². The number of anilines is 1. The Labute approximate surface area is 120 Å². The van der Waals surface area contributed by atoms with Crippen LogP contribution in [-0.4, -0.2) is 11.9 Å². The lowest BCUT2D eigenvalue weighted by molar-refractivity contribution is -0.137. The maximum Gasteiger partial charge on any atom is 0.418 e. The van der Waals surface area contributed by atoms with Gasteiger partial charge in [0, 0.05) is 0 Å². The monoisotopic (exact) mass is 299 g/mol. The van der Waals surface area contributed by atoms with Gasteiger partial charge < -0.3 is 11.1 Å². The maximum absolute atomic E-state index is 12.9. The number of unbranched alkanes of at least 4 members (excludes halogenated alkanes) is 1. The van der Waals surface area contributed by atoms with Gasteiger partial charge in [-0.15, -0.1) is 0 Å². The van der Waals surface area contributed by atoms with Crippen molar-refractivity contribution in [2.24, 2.45) is 5.73 Å². The van der Waals surface area contributed by atoms with Gasteiger partial charge in [-0.25, -0.2) is 0 Å². The summed E-state index contributed by atoms with van der Waals surface area (Å²) >= 11 is 0. The SMILES string of the molecule is CCCCC(N)C(=O)Nc1ccc(C#N)cc1C(F)(F)F. The van der Waals surface area contributed by atoms with Gasteiger partial charge >= 0.3 is 6.18 Å². The summed E-state index contributed by atoms with van der Waals surface area (Å²) in [4.78, 5) is 11.8. The molecule has 0 bridgehead atoms. The lowest BCUT2D eigenvalue weighted by Crippen LogP contribution is -2.36. The van der Waals surface area contributed by atoms with E-state index < -0.39 is 29.4 Å². The van der Waals surface area contributed by atoms with E-state index in [9.17, 15) is 18.0 Å². The number of carbonyl (C=O) groups is 1. The smallest absolute Gasteiger partial charge is 0.324 e. The average Bonchev–Trinajstić information content (AvgIpc) is 2.43. The maximum atomic E-state index is 12.9. The molecule has 114 valence electrons. The molecular formula is C14H16F3N3O. The van der Waals surface area contributed by atoms with Crippen LogP contribution in [0.2, 0.25) is 0 Å². The second-order valence-corrected chi connectivity index (χ2v) is 4.61. The number of halogens is 3. The summed E-state index contributed by atoms with van der Waals surface area (Å²) in [6.45, 7) is 1.92. The van der Waals surface area contributed by atoms with Crippen molar-refractivity contribution in [2.45, 2.75) is 38.4 Å². The van der Waals surface area contributed by atoms with Crippen LogP contribution in [0.1, 0.15) is 37.3 Å². The van der Waals surface area contributed by atoms with E-state index in [1.807, 2.05) is 6.92 Å². The van der Waals surface area contributed by atoms with Crippen LogP contribution in [0.5, 0.6) is 0 Å². The molecule has 0 saturated heterocycles. The van der Waals surface area contributed by atoms with Gasteiger partial charge in [-0.1, -0.05) is 19.8 Å². The van der Waals surface area contributed by atoms with Crippen molar-refractivity contribution < 1.29 is 18.0 Å². The van der Waals surface area contributed by atoms with Gasteiger partial charge in [-0.2, -0.15) is 18.4 Å². The molecule has 0 saturated carbocycles. The van der Waals surface area contributed by atoms with E-state index in [1.165, 1.54) is 6.07 Å². The molecule has 1 aromatic rings. The van der Waals surface area contributed by atoms with Crippen molar-refractivity contribution in [3.8, 4) is 6.07 Å². The molecule has 0 fully saturated rings. The average molecular weight is 299 g/mol. The van der Waals surface area contributed by atoms with Gasteiger partial charge in [0.05, 0.1) is 28.9 Å². The molecule has 4 nitrogen and oxygen atoms in total. The van der Waals surface area contributed by atoms with Crippen molar-refractivity contribution in [1.82, 2.24) is 0 Å². The second kappa shape index (κ2) is 7.09. The molecule has 0 aliphatic heterocycles. The Morgan fingerprint density at radius 1 is 1.48 bits per heavy atom. The summed E-state index contributed by atoms with van der Waals surface area (Å²) in [5.74, 6) is -0.668. The lowest BCUT2D eigenvalue weighted by Gasteiger charge is -2.16. The van der Waals surface area contributed by atoms with Gasteiger partial charge in [0.25, 0.3) is 0 Å². The van der Waals surface area contributed by atoms with Crippen LogP contribution in [0.15, 0.2) is 18.2 Å². The van der Waals surface area contributed by atoms with Gasteiger partial charge in [0.1, 0.15) is 0 Å². The van der Waals surface area contributed by atoms with Crippen LogP contribution >= 0.6 is 0 Å². The fourth-order valence-electron chi connectivity index (χ4n) is 1.74. The first kappa shape index (κ1) is 17.0. The van der Waals surface area contributed by atoms with Gasteiger partial charge in [-0.05, 0) is 24.6 Å². The normalized spacial score (nSPS) is 12.6. The first-order valence-electron chi connectivity index (χ1n) is 6.47. The number of carbonyl (C=O) groups excluding carboxylic acids is 1. The van der Waals surface area contributed by atoms with Gasteiger partial charge in [0.2, 0.25) is 5.91 Å². The van der Waals surface area contributed by atoms with Gasteiger partial charge in [-0.3, -0.25) is 4.79 Å². The molecule has 1 atom stereocenters. The Hall–Kier alpha value is -2.07. The molecule has 21 heavy (non-hydrogen) atoms. The zero-order valence-electron chi connectivity index (χ0n) is 11.5. The molecule has 1 amide bonds. The molecule has 0 heterocycles. The first-order valence-corrected chi connectivity index (χ1v) is 6.47. The number of benzene rings is 1. The van der Waals surface area contributed by atoms with Crippen molar-refractivity contribution in [3.05, 3.63) is 29.3 Å². The predicted octanol–water partition coefficient (Wildman–Crippen LogP) is 3.03. The zero-order chi connectivity index (χ0) is 16.0. The van der Waals surface area contributed by atoms with E-state index in [0.717, 1.165) is 12.5 Å². The van der Waals surface area contributed by atoms with E-state index in [2.05, 4.69) is 5.32 Å². The summed E-state index contributed by atoms with van der Waals surface area (Å²) in [5.41, 5.74) is 4.04. The molecule has 1 rings (SSSR count). The number of rotatable bonds is 5. The van der Waals surface area contributed by atoms with E-state index in [4.69, 9.17) is 11.0 Å². The largest absolute Gasteiger partial charge is 0.418 e. The summed E-state index contributed by atoms with van der Waals surface area (Å²) in [6.07, 6.45) is -2.71. The number of nitrogens with zero attached hydrogens (tertiary/aromatic N) is 1. The zero-order valence-corrected chi connectivity index (χ0v) is 11.5. The minimum atomic E-state index is -4.66. The minimum absolute atomic E-state index is 0.129. The third kappa shape index (κ3) is 4.76. The van der Waals surface area contributed by atoms with Crippen LogP contribution in [-0.2, 0) is 11.0 Å². The number of nitrogens with one attached hydrogen (secondary N) is 1. The molecule has 7 heteroatoms. The number of hydrogen-bond acceptors (Lipinski definition) is 3. The highest BCUT2D eigenvalue weighted by Gasteiger charge is 2.34. The fraction of sp³-hybridized carbons (Fsp3) is 0.429. The minimum Gasteiger partial charge on any atom is -0.324 e. The number of alkyl halides is 3. The number of amides is 1. The Morgan fingerprint density at radius 2 is 2.14 bits per heavy atom. The van der Waals surface area contributed by atoms with E-state index in [-0.39, 0.29) is 5.56 Å². The van der Waals surface area contributed by atoms with Crippen LogP contribution in [0, 0.1) is 11.3 Å². The van der Waals surface area contributed by atoms with Crippen molar-refractivity contribution in [2.75, 3.05) is 5.32 Å². The van der Waals surface area contributed by atoms with E-state index in [1.54, 1.807) is 6.07 Å². The lowest BCUT2D eigenvalue weighted by atomic mass is 10.1. The molecule has 0 aliphatic rings. The van der Waals surface area contributed by atoms with Crippen molar-refractivity contribution >= 4 is 11.6 Å². The van der Waals surface area contributed by atoms with Crippen molar-refractivity contribution in [1.29, 1.82) is 5.26 Å². The molecular weight excluding hydrogens is 283 g/mol. The number of nitriles is 1. The highest BCUT2D eigenvalue weighted by Crippen LogP contribution is 2.35. The Bertz CT molecular complexity index is 549. The molecule has 1 aromatic carbocycles. The summed E-state index contributed by atoms with van der Waals surface area (Å²) in [6, 6.07) is 3.75. The Morgan fingerprint density at radius 3 is 2.67 bits per heavy atom. The van der Waals surface area contributed by atoms with Crippen LogP contribution in [0.4, 0.5) is 18.9 Å². The predicted molar refractivity (Wildman–Crippen MR) is 72.3 cm³/mol. The molecule has 3 N–H and O–H groups in total. The third-order valence-electron chi connectivity index (χ3n) is 2.92. The second-order valence-electron chi connectivity index (χ2n) is 4.61. The molecule has 0 spiro atoms. The van der Waals surface area contributed by atoms with Crippen LogP contribution in [0.3, 0.4) is 0 Å². The van der Waals surface area contributed by atoms with E-state index >= 15 is 0 Å². The molecule has 1 unspecified atom stereocenters. The topological polar surface area (TPSA) is 78.9 Å². The highest BCUT2D eigenvalue weighted by atomic mass is 19.4. The van der Waals surface area contributed by atoms with Crippen LogP contribution in [0.25, 0.3) is 0 Å². The third-order valence-corrected chi connectivity index (χ3v) is 2.92. The first-order chi connectivity index (χ1) is 9.79. The number of hydrogen-bond donors (Lipinski definition) is 2. The Kier molecular flexibility index (Phi) is 5.73. The molecule has 0 radical (unpaired) electrons. The van der Waals surface area contributed by atoms with Gasteiger partial charge in [0.15, 0.2) is 0 Å². The molecule has 0 aliphatic carbocycles. The molecule has 0 aromatic heterocycles. The quantitative estimate of drug-likeness (QED) is 0.877. The number of nitrogens with two attached hydrogens (primary N) is 1. The standard InChI is InChI=1S/C14H16F3N3O/c1-2-3-4-11(19)13(21)20-12-6-5-9(8-18)7-10(12)14(15,16)17/h5-7,11H,2-4,19H2,1H3,(H,20,21). The van der Waals surface area contributed by atoms with E-state index in [0.29, 0.717) is 18.9 Å². The summed E-state index contributed by atoms with van der Waals surface area (Å²) in [5, 5.41) is 10.8. The highest BCUT2D eigenvalue weighted by molar-refractivity contribution is 5.95. The Balaban J connectivity index is 2.98. The summed E-state index contributed by atoms with van der Waals surface area (Å²) in [7, 11) is 0. The van der Waals surface area contributed by atoms with Crippen molar-refractivity contribution in [3.63, 3.8) is 0 Å². The fourth-order valence-corrected chi connectivity index (χ4v) is 1.74. The summed E-state index contributed by atoms with van der Waals surface area (Å²) < 4.78 is 38.8.